The SMILES string of the molecule is COc1cccc(C2CC(Br)=NN2C)c1. The van der Waals surface area contributed by atoms with Crippen LogP contribution in [-0.4, -0.2) is 23.8 Å². The smallest absolute Gasteiger partial charge is 0.119 e. The van der Waals surface area contributed by atoms with Crippen molar-refractivity contribution in [1.29, 1.82) is 0 Å². The van der Waals surface area contributed by atoms with Crippen LogP contribution in [0.15, 0.2) is 29.4 Å². The highest BCUT2D eigenvalue weighted by Crippen LogP contribution is 2.32. The first-order valence-corrected chi connectivity index (χ1v) is 5.60. The van der Waals surface area contributed by atoms with Crippen LogP contribution in [0.1, 0.15) is 18.0 Å². The minimum atomic E-state index is 0.314. The Kier molecular flexibility index (Phi) is 2.95. The van der Waals surface area contributed by atoms with Gasteiger partial charge in [-0.05, 0) is 33.6 Å². The largest absolute Gasteiger partial charge is 0.497 e. The second-order valence-electron chi connectivity index (χ2n) is 3.55. The van der Waals surface area contributed by atoms with Gasteiger partial charge in [0.15, 0.2) is 0 Å². The van der Waals surface area contributed by atoms with Gasteiger partial charge < -0.3 is 4.74 Å². The van der Waals surface area contributed by atoms with Gasteiger partial charge in [0.2, 0.25) is 0 Å². The van der Waals surface area contributed by atoms with Gasteiger partial charge in [-0.1, -0.05) is 12.1 Å². The van der Waals surface area contributed by atoms with Gasteiger partial charge in [0.05, 0.1) is 13.2 Å². The maximum absolute atomic E-state index is 5.21. The predicted octanol–water partition coefficient (Wildman–Crippen LogP) is 2.78. The van der Waals surface area contributed by atoms with E-state index in [1.165, 1.54) is 5.56 Å². The monoisotopic (exact) mass is 268 g/mol. The Bertz CT molecular complexity index is 392. The second kappa shape index (κ2) is 4.23. The summed E-state index contributed by atoms with van der Waals surface area (Å²) in [5, 5.41) is 6.30. The molecular weight excluding hydrogens is 256 g/mol. The molecular formula is C11H13BrN2O. The molecule has 0 saturated heterocycles. The Balaban J connectivity index is 2.23. The van der Waals surface area contributed by atoms with Gasteiger partial charge in [0.1, 0.15) is 10.4 Å². The minimum absolute atomic E-state index is 0.314. The first kappa shape index (κ1) is 10.5. The third-order valence-electron chi connectivity index (χ3n) is 2.56. The first-order valence-electron chi connectivity index (χ1n) is 4.80. The molecule has 0 N–H and O–H groups in total. The van der Waals surface area contributed by atoms with E-state index in [0.29, 0.717) is 6.04 Å². The van der Waals surface area contributed by atoms with Crippen LogP contribution in [0.4, 0.5) is 0 Å². The second-order valence-corrected chi connectivity index (χ2v) is 4.46. The van der Waals surface area contributed by atoms with Crippen LogP contribution in [0.5, 0.6) is 5.75 Å². The minimum Gasteiger partial charge on any atom is -0.497 e. The van der Waals surface area contributed by atoms with Crippen molar-refractivity contribution in [1.82, 2.24) is 5.01 Å². The summed E-state index contributed by atoms with van der Waals surface area (Å²) in [7, 11) is 3.67. The zero-order valence-electron chi connectivity index (χ0n) is 8.77. The lowest BCUT2D eigenvalue weighted by molar-refractivity contribution is 0.289. The molecule has 0 aliphatic carbocycles. The molecule has 1 atom stereocenters. The molecule has 0 saturated carbocycles. The number of hydrogen-bond donors (Lipinski definition) is 0. The summed E-state index contributed by atoms with van der Waals surface area (Å²) in [5.41, 5.74) is 1.23. The molecule has 0 amide bonds. The number of hydrogen-bond acceptors (Lipinski definition) is 3. The van der Waals surface area contributed by atoms with Crippen molar-refractivity contribution in [2.24, 2.45) is 5.10 Å². The molecule has 0 bridgehead atoms. The summed E-state index contributed by atoms with van der Waals surface area (Å²) < 4.78 is 6.21. The van der Waals surface area contributed by atoms with E-state index in [9.17, 15) is 0 Å². The van der Waals surface area contributed by atoms with Gasteiger partial charge >= 0.3 is 0 Å². The summed E-state index contributed by atoms with van der Waals surface area (Å²) in [6.45, 7) is 0. The average Bonchev–Trinajstić information content (AvgIpc) is 2.58. The van der Waals surface area contributed by atoms with Crippen molar-refractivity contribution in [3.8, 4) is 5.75 Å². The van der Waals surface area contributed by atoms with Gasteiger partial charge in [0.25, 0.3) is 0 Å². The zero-order chi connectivity index (χ0) is 10.8. The van der Waals surface area contributed by atoms with Crippen molar-refractivity contribution < 1.29 is 4.74 Å². The van der Waals surface area contributed by atoms with Crippen molar-refractivity contribution in [2.45, 2.75) is 12.5 Å². The number of halogens is 1. The van der Waals surface area contributed by atoms with Crippen LogP contribution in [-0.2, 0) is 0 Å². The highest BCUT2D eigenvalue weighted by atomic mass is 79.9. The Morgan fingerprint density at radius 2 is 2.33 bits per heavy atom. The molecule has 0 aromatic heterocycles. The maximum atomic E-state index is 5.21. The molecule has 80 valence electrons. The third-order valence-corrected chi connectivity index (χ3v) is 3.04. The Labute approximate surface area is 97.9 Å². The molecule has 3 nitrogen and oxygen atoms in total. The van der Waals surface area contributed by atoms with Crippen LogP contribution >= 0.6 is 15.9 Å². The molecule has 1 unspecified atom stereocenters. The van der Waals surface area contributed by atoms with Crippen LogP contribution in [0, 0.1) is 0 Å². The molecule has 1 aromatic carbocycles. The zero-order valence-corrected chi connectivity index (χ0v) is 10.4. The predicted molar refractivity (Wildman–Crippen MR) is 64.5 cm³/mol. The highest BCUT2D eigenvalue weighted by molar-refractivity contribution is 9.18. The highest BCUT2D eigenvalue weighted by Gasteiger charge is 2.23. The summed E-state index contributed by atoms with van der Waals surface area (Å²) in [5.74, 6) is 0.893. The van der Waals surface area contributed by atoms with Crippen LogP contribution < -0.4 is 4.74 Å². The van der Waals surface area contributed by atoms with Gasteiger partial charge in [-0.25, -0.2) is 0 Å². The quantitative estimate of drug-likeness (QED) is 0.824. The summed E-state index contributed by atoms with van der Waals surface area (Å²) in [6, 6.07) is 8.44. The number of rotatable bonds is 2. The molecule has 1 aliphatic heterocycles. The molecule has 1 aliphatic rings. The molecule has 4 heteroatoms. The van der Waals surface area contributed by atoms with Crippen molar-refractivity contribution >= 4 is 20.6 Å². The van der Waals surface area contributed by atoms with E-state index >= 15 is 0 Å². The van der Waals surface area contributed by atoms with Gasteiger partial charge in [-0.2, -0.15) is 5.10 Å². The number of nitrogens with zero attached hydrogens (tertiary/aromatic N) is 2. The molecule has 0 radical (unpaired) electrons. The number of methoxy groups -OCH3 is 1. The van der Waals surface area contributed by atoms with Crippen molar-refractivity contribution in [2.75, 3.05) is 14.2 Å². The molecule has 15 heavy (non-hydrogen) atoms. The lowest BCUT2D eigenvalue weighted by Gasteiger charge is -2.19. The Morgan fingerprint density at radius 1 is 1.53 bits per heavy atom. The normalized spacial score (nSPS) is 20.3. The summed E-state index contributed by atoms with van der Waals surface area (Å²) in [4.78, 5) is 0. The van der Waals surface area contributed by atoms with E-state index in [1.54, 1.807) is 7.11 Å². The van der Waals surface area contributed by atoms with E-state index in [1.807, 2.05) is 24.2 Å². The molecule has 1 aromatic rings. The third kappa shape index (κ3) is 2.15. The summed E-state index contributed by atoms with van der Waals surface area (Å²) >= 11 is 3.43. The first-order chi connectivity index (χ1) is 7.20. The van der Waals surface area contributed by atoms with Crippen molar-refractivity contribution in [3.05, 3.63) is 29.8 Å². The van der Waals surface area contributed by atoms with Crippen molar-refractivity contribution in [3.63, 3.8) is 0 Å². The van der Waals surface area contributed by atoms with Gasteiger partial charge in [-0.15, -0.1) is 0 Å². The molecule has 2 rings (SSSR count). The van der Waals surface area contributed by atoms with Gasteiger partial charge in [-0.3, -0.25) is 5.01 Å². The van der Waals surface area contributed by atoms with E-state index < -0.39 is 0 Å². The van der Waals surface area contributed by atoms with Gasteiger partial charge in [0, 0.05) is 13.5 Å². The van der Waals surface area contributed by atoms with Crippen LogP contribution in [0.3, 0.4) is 0 Å². The Morgan fingerprint density at radius 3 is 2.93 bits per heavy atom. The van der Waals surface area contributed by atoms with E-state index in [0.717, 1.165) is 16.8 Å². The maximum Gasteiger partial charge on any atom is 0.119 e. The number of benzene rings is 1. The fourth-order valence-corrected chi connectivity index (χ4v) is 2.31. The number of hydrazone groups is 1. The topological polar surface area (TPSA) is 24.8 Å². The number of ether oxygens (including phenoxy) is 1. The van der Waals surface area contributed by atoms with Crippen LogP contribution in [0.2, 0.25) is 0 Å². The molecule has 1 heterocycles. The fourth-order valence-electron chi connectivity index (χ4n) is 1.76. The van der Waals surface area contributed by atoms with Crippen LogP contribution in [0.25, 0.3) is 0 Å². The average molecular weight is 269 g/mol. The standard InChI is InChI=1S/C11H13BrN2O/c1-14-10(7-11(12)13-14)8-4-3-5-9(6-8)15-2/h3-6,10H,7H2,1-2H3. The van der Waals surface area contributed by atoms with E-state index in [4.69, 9.17) is 4.74 Å². The van der Waals surface area contributed by atoms with E-state index in [2.05, 4.69) is 33.2 Å². The fraction of sp³-hybridized carbons (Fsp3) is 0.364. The lowest BCUT2D eigenvalue weighted by atomic mass is 10.0. The molecule has 0 fully saturated rings. The van der Waals surface area contributed by atoms with E-state index in [-0.39, 0.29) is 0 Å². The summed E-state index contributed by atoms with van der Waals surface area (Å²) in [6.07, 6.45) is 0.920. The Hall–Kier alpha value is -1.03. The molecule has 0 spiro atoms. The lowest BCUT2D eigenvalue weighted by Crippen LogP contribution is -2.13.